The second kappa shape index (κ2) is 6.70. The van der Waals surface area contributed by atoms with Crippen LogP contribution in [0.3, 0.4) is 0 Å². The fraction of sp³-hybridized carbons (Fsp3) is 0.667. The molecule has 0 aliphatic carbocycles. The summed E-state index contributed by atoms with van der Waals surface area (Å²) in [4.78, 5) is 15.0. The third kappa shape index (κ3) is 3.68. The number of aromatic nitrogens is 1. The van der Waals surface area contributed by atoms with Gasteiger partial charge in [0.05, 0.1) is 5.69 Å². The average molecular weight is 271 g/mol. The van der Waals surface area contributed by atoms with Crippen LogP contribution in [0.25, 0.3) is 0 Å². The predicted octanol–water partition coefficient (Wildman–Crippen LogP) is 2.46. The van der Waals surface area contributed by atoms with E-state index >= 15 is 0 Å². The fourth-order valence-corrected chi connectivity index (χ4v) is 2.77. The SMILES string of the molecule is CCC(CC)C(C)Nc1nc(C(N)C(=O)O)cs1. The van der Waals surface area contributed by atoms with Crippen molar-refractivity contribution in [2.45, 2.75) is 45.7 Å². The van der Waals surface area contributed by atoms with E-state index in [1.54, 1.807) is 5.38 Å². The first-order valence-corrected chi connectivity index (χ1v) is 7.07. The van der Waals surface area contributed by atoms with Crippen molar-refractivity contribution >= 4 is 22.4 Å². The van der Waals surface area contributed by atoms with Gasteiger partial charge in [0, 0.05) is 11.4 Å². The summed E-state index contributed by atoms with van der Waals surface area (Å²) in [5.41, 5.74) is 5.92. The van der Waals surface area contributed by atoms with Gasteiger partial charge in [0.25, 0.3) is 0 Å². The van der Waals surface area contributed by atoms with Crippen molar-refractivity contribution in [3.8, 4) is 0 Å². The number of carboxylic acid groups (broad SMARTS) is 1. The maximum Gasteiger partial charge on any atom is 0.326 e. The zero-order valence-corrected chi connectivity index (χ0v) is 11.8. The van der Waals surface area contributed by atoms with Crippen molar-refractivity contribution < 1.29 is 9.90 Å². The number of thiazole rings is 1. The zero-order chi connectivity index (χ0) is 13.7. The number of aliphatic carboxylic acids is 1. The highest BCUT2D eigenvalue weighted by molar-refractivity contribution is 7.13. The van der Waals surface area contributed by atoms with Crippen LogP contribution < -0.4 is 11.1 Å². The van der Waals surface area contributed by atoms with Gasteiger partial charge in [0.1, 0.15) is 6.04 Å². The third-order valence-corrected chi connectivity index (χ3v) is 4.01. The lowest BCUT2D eigenvalue weighted by molar-refractivity contribution is -0.138. The van der Waals surface area contributed by atoms with Gasteiger partial charge in [-0.2, -0.15) is 0 Å². The summed E-state index contributed by atoms with van der Waals surface area (Å²) in [5.74, 6) is -0.467. The second-order valence-electron chi connectivity index (χ2n) is 4.40. The molecule has 1 heterocycles. The standard InChI is InChI=1S/C12H21N3O2S/c1-4-8(5-2)7(3)14-12-15-9(6-18-12)10(13)11(16)17/h6-8,10H,4-5,13H2,1-3H3,(H,14,15)(H,16,17). The van der Waals surface area contributed by atoms with E-state index in [4.69, 9.17) is 10.8 Å². The normalized spacial score (nSPS) is 14.5. The molecule has 0 aliphatic rings. The van der Waals surface area contributed by atoms with E-state index in [1.165, 1.54) is 11.3 Å². The second-order valence-corrected chi connectivity index (χ2v) is 5.26. The molecule has 0 fully saturated rings. The number of hydrogen-bond acceptors (Lipinski definition) is 5. The highest BCUT2D eigenvalue weighted by atomic mass is 32.1. The first-order chi connectivity index (χ1) is 8.49. The number of hydrogen-bond donors (Lipinski definition) is 3. The Kier molecular flexibility index (Phi) is 5.55. The number of nitrogens with zero attached hydrogens (tertiary/aromatic N) is 1. The predicted molar refractivity (Wildman–Crippen MR) is 73.8 cm³/mol. The van der Waals surface area contributed by atoms with Crippen LogP contribution in [0.15, 0.2) is 5.38 Å². The Hall–Kier alpha value is -1.14. The van der Waals surface area contributed by atoms with Crippen LogP contribution >= 0.6 is 11.3 Å². The Bertz CT molecular complexity index is 390. The summed E-state index contributed by atoms with van der Waals surface area (Å²) >= 11 is 1.40. The largest absolute Gasteiger partial charge is 0.480 e. The molecule has 5 nitrogen and oxygen atoms in total. The van der Waals surface area contributed by atoms with E-state index in [2.05, 4.69) is 31.1 Å². The lowest BCUT2D eigenvalue weighted by Gasteiger charge is -2.21. The van der Waals surface area contributed by atoms with E-state index in [0.29, 0.717) is 17.7 Å². The highest BCUT2D eigenvalue weighted by Gasteiger charge is 2.19. The van der Waals surface area contributed by atoms with Gasteiger partial charge in [-0.3, -0.25) is 4.79 Å². The molecule has 0 aromatic carbocycles. The van der Waals surface area contributed by atoms with Crippen molar-refractivity contribution in [3.63, 3.8) is 0 Å². The molecule has 6 heteroatoms. The van der Waals surface area contributed by atoms with Gasteiger partial charge in [0.2, 0.25) is 0 Å². The topological polar surface area (TPSA) is 88.2 Å². The maximum absolute atomic E-state index is 10.8. The monoisotopic (exact) mass is 271 g/mol. The molecule has 0 aliphatic heterocycles. The molecule has 4 N–H and O–H groups in total. The molecule has 0 bridgehead atoms. The molecule has 1 aromatic rings. The van der Waals surface area contributed by atoms with E-state index < -0.39 is 12.0 Å². The van der Waals surface area contributed by atoms with Crippen LogP contribution in [0.5, 0.6) is 0 Å². The molecule has 2 atom stereocenters. The summed E-state index contributed by atoms with van der Waals surface area (Å²) in [7, 11) is 0. The molecular weight excluding hydrogens is 250 g/mol. The highest BCUT2D eigenvalue weighted by Crippen LogP contribution is 2.23. The van der Waals surface area contributed by atoms with Gasteiger partial charge >= 0.3 is 5.97 Å². The van der Waals surface area contributed by atoms with E-state index in [0.717, 1.165) is 18.0 Å². The van der Waals surface area contributed by atoms with Crippen molar-refractivity contribution in [3.05, 3.63) is 11.1 Å². The average Bonchev–Trinajstić information content (AvgIpc) is 2.77. The molecule has 0 spiro atoms. The fourth-order valence-electron chi connectivity index (χ4n) is 1.93. The summed E-state index contributed by atoms with van der Waals surface area (Å²) in [5, 5.41) is 14.6. The minimum Gasteiger partial charge on any atom is -0.480 e. The van der Waals surface area contributed by atoms with E-state index in [1.807, 2.05) is 0 Å². The lowest BCUT2D eigenvalue weighted by Crippen LogP contribution is -2.25. The van der Waals surface area contributed by atoms with Gasteiger partial charge in [0.15, 0.2) is 5.13 Å². The molecule has 0 radical (unpaired) electrons. The van der Waals surface area contributed by atoms with Crippen LogP contribution in [0.1, 0.15) is 45.3 Å². The van der Waals surface area contributed by atoms with Crippen molar-refractivity contribution in [2.75, 3.05) is 5.32 Å². The van der Waals surface area contributed by atoms with Crippen molar-refractivity contribution in [2.24, 2.45) is 11.7 Å². The van der Waals surface area contributed by atoms with Crippen LogP contribution in [-0.2, 0) is 4.79 Å². The van der Waals surface area contributed by atoms with Gasteiger partial charge < -0.3 is 16.2 Å². The van der Waals surface area contributed by atoms with Crippen LogP contribution in [0, 0.1) is 5.92 Å². The Morgan fingerprint density at radius 1 is 1.56 bits per heavy atom. The zero-order valence-electron chi connectivity index (χ0n) is 11.0. The van der Waals surface area contributed by atoms with Crippen LogP contribution in [0.2, 0.25) is 0 Å². The Labute approximate surface area is 111 Å². The lowest BCUT2D eigenvalue weighted by atomic mass is 9.96. The van der Waals surface area contributed by atoms with Crippen molar-refractivity contribution in [1.29, 1.82) is 0 Å². The van der Waals surface area contributed by atoms with Crippen LogP contribution in [0.4, 0.5) is 5.13 Å². The summed E-state index contributed by atoms with van der Waals surface area (Å²) in [6.45, 7) is 6.45. The summed E-state index contributed by atoms with van der Waals surface area (Å²) in [6, 6.07) is -0.722. The van der Waals surface area contributed by atoms with Crippen molar-refractivity contribution in [1.82, 2.24) is 4.98 Å². The van der Waals surface area contributed by atoms with Crippen LogP contribution in [-0.4, -0.2) is 22.1 Å². The number of nitrogens with one attached hydrogen (secondary N) is 1. The molecule has 1 aromatic heterocycles. The first-order valence-electron chi connectivity index (χ1n) is 6.19. The number of rotatable bonds is 7. The summed E-state index contributed by atoms with van der Waals surface area (Å²) < 4.78 is 0. The van der Waals surface area contributed by atoms with E-state index in [-0.39, 0.29) is 0 Å². The van der Waals surface area contributed by atoms with Gasteiger partial charge in [-0.05, 0) is 12.8 Å². The van der Waals surface area contributed by atoms with Gasteiger partial charge in [-0.25, -0.2) is 4.98 Å². The summed E-state index contributed by atoms with van der Waals surface area (Å²) in [6.07, 6.45) is 2.22. The molecule has 2 unspecified atom stereocenters. The molecule has 0 saturated heterocycles. The maximum atomic E-state index is 10.8. The molecule has 0 amide bonds. The molecule has 18 heavy (non-hydrogen) atoms. The number of carbonyl (C=O) groups is 1. The third-order valence-electron chi connectivity index (χ3n) is 3.21. The molecule has 0 saturated carbocycles. The molecule has 102 valence electrons. The Balaban J connectivity index is 2.66. The number of nitrogens with two attached hydrogens (primary N) is 1. The Morgan fingerprint density at radius 3 is 2.67 bits per heavy atom. The minimum atomic E-state index is -1.06. The quantitative estimate of drug-likeness (QED) is 0.709. The van der Waals surface area contributed by atoms with Gasteiger partial charge in [-0.15, -0.1) is 11.3 Å². The van der Waals surface area contributed by atoms with E-state index in [9.17, 15) is 4.79 Å². The molecular formula is C12H21N3O2S. The smallest absolute Gasteiger partial charge is 0.326 e. The van der Waals surface area contributed by atoms with Gasteiger partial charge in [-0.1, -0.05) is 26.7 Å². The molecule has 1 rings (SSSR count). The minimum absolute atomic E-state index is 0.319. The number of anilines is 1. The first kappa shape index (κ1) is 14.9. The number of carboxylic acids is 1. The Morgan fingerprint density at radius 2 is 2.17 bits per heavy atom.